The van der Waals surface area contributed by atoms with Crippen molar-refractivity contribution in [1.29, 1.82) is 0 Å². The molecular formula is C2H3O3Ti. The Kier molecular flexibility index (Phi) is 24.5. The number of aliphatic carboxylic acids is 1. The maximum absolute atomic E-state index is 8.89. The van der Waals surface area contributed by atoms with Crippen LogP contribution in [-0.4, -0.2) is 5.97 Å². The normalized spacial score (nSPS) is 4.17. The number of carbonyl (C=O) groups excluding carboxylic acids is 1. The summed E-state index contributed by atoms with van der Waals surface area (Å²) in [4.78, 5) is 8.89. The van der Waals surface area contributed by atoms with E-state index in [0.717, 1.165) is 6.92 Å². The zero-order valence-electron chi connectivity index (χ0n) is 3.22. The summed E-state index contributed by atoms with van der Waals surface area (Å²) in [5.74, 6) is -1.08. The fraction of sp³-hybridized carbons (Fsp3) is 0.500. The molecule has 0 bridgehead atoms. The van der Waals surface area contributed by atoms with E-state index >= 15 is 0 Å². The van der Waals surface area contributed by atoms with Gasteiger partial charge in [0, 0.05) is 5.97 Å². The SMILES string of the molecule is CC(=O)[O-].[O-2].[Ti+3]. The van der Waals surface area contributed by atoms with Gasteiger partial charge in [0.15, 0.2) is 0 Å². The summed E-state index contributed by atoms with van der Waals surface area (Å²) < 4.78 is 0. The summed E-state index contributed by atoms with van der Waals surface area (Å²) in [6, 6.07) is 0. The Labute approximate surface area is 50.5 Å². The maximum Gasteiger partial charge on any atom is 3.00 e. The Hall–Kier alpha value is 0.144. The molecule has 0 N–H and O–H groups in total. The summed E-state index contributed by atoms with van der Waals surface area (Å²) in [5, 5.41) is 8.89. The van der Waals surface area contributed by atoms with E-state index in [1.807, 2.05) is 0 Å². The van der Waals surface area contributed by atoms with Crippen molar-refractivity contribution in [1.82, 2.24) is 0 Å². The van der Waals surface area contributed by atoms with Crippen molar-refractivity contribution in [2.45, 2.75) is 6.92 Å². The first-order chi connectivity index (χ1) is 1.73. The molecule has 0 unspecified atom stereocenters. The van der Waals surface area contributed by atoms with Crippen LogP contribution in [0, 0.1) is 0 Å². The van der Waals surface area contributed by atoms with Crippen molar-refractivity contribution in [3.63, 3.8) is 0 Å². The maximum atomic E-state index is 8.89. The summed E-state index contributed by atoms with van der Waals surface area (Å²) >= 11 is 0. The van der Waals surface area contributed by atoms with Gasteiger partial charge in [0.1, 0.15) is 0 Å². The molecule has 0 fully saturated rings. The van der Waals surface area contributed by atoms with Crippen molar-refractivity contribution in [3.05, 3.63) is 0 Å². The van der Waals surface area contributed by atoms with Gasteiger partial charge in [0.25, 0.3) is 0 Å². The van der Waals surface area contributed by atoms with E-state index in [0.29, 0.717) is 0 Å². The smallest absolute Gasteiger partial charge is 2.00 e. The van der Waals surface area contributed by atoms with Gasteiger partial charge >= 0.3 is 21.7 Å². The molecule has 0 atom stereocenters. The van der Waals surface area contributed by atoms with E-state index in [1.54, 1.807) is 0 Å². The quantitative estimate of drug-likeness (QED) is 0.373. The number of carboxylic acids is 1. The van der Waals surface area contributed by atoms with Crippen LogP contribution in [0.1, 0.15) is 6.92 Å². The molecule has 0 spiro atoms. The largest absolute Gasteiger partial charge is 3.00 e. The molecule has 0 aliphatic carbocycles. The summed E-state index contributed by atoms with van der Waals surface area (Å²) in [6.45, 7) is 0.972. The van der Waals surface area contributed by atoms with Gasteiger partial charge < -0.3 is 15.4 Å². The van der Waals surface area contributed by atoms with Gasteiger partial charge in [-0.25, -0.2) is 0 Å². The number of carboxylic acid groups (broad SMARTS) is 1. The van der Waals surface area contributed by atoms with Crippen LogP contribution in [0.15, 0.2) is 0 Å². The zero-order valence-corrected chi connectivity index (χ0v) is 4.79. The second kappa shape index (κ2) is 8.94. The van der Waals surface area contributed by atoms with E-state index in [-0.39, 0.29) is 27.2 Å². The van der Waals surface area contributed by atoms with Crippen molar-refractivity contribution in [2.24, 2.45) is 0 Å². The van der Waals surface area contributed by atoms with Gasteiger partial charge in [-0.3, -0.25) is 0 Å². The minimum atomic E-state index is -1.08. The van der Waals surface area contributed by atoms with Gasteiger partial charge in [0.05, 0.1) is 0 Å². The van der Waals surface area contributed by atoms with Gasteiger partial charge in [0.2, 0.25) is 0 Å². The molecule has 33 valence electrons. The Morgan fingerprint density at radius 1 is 1.67 bits per heavy atom. The molecule has 0 aliphatic heterocycles. The van der Waals surface area contributed by atoms with Crippen LogP contribution in [0.25, 0.3) is 0 Å². The number of carbonyl (C=O) groups is 1. The molecule has 0 saturated carbocycles. The topological polar surface area (TPSA) is 68.6 Å². The molecule has 0 aliphatic rings. The predicted octanol–water partition coefficient (Wildman–Crippen LogP) is -1.37. The van der Waals surface area contributed by atoms with Crippen LogP contribution in [0.4, 0.5) is 0 Å². The average Bonchev–Trinajstić information content (AvgIpc) is 0.811. The summed E-state index contributed by atoms with van der Waals surface area (Å²) in [6.07, 6.45) is 0. The van der Waals surface area contributed by atoms with Crippen LogP contribution in [0.2, 0.25) is 0 Å². The molecular weight excluding hydrogens is 120 g/mol. The van der Waals surface area contributed by atoms with Gasteiger partial charge in [-0.05, 0) is 6.92 Å². The molecule has 0 amide bonds. The van der Waals surface area contributed by atoms with E-state index in [2.05, 4.69) is 0 Å². The minimum Gasteiger partial charge on any atom is -2.00 e. The third kappa shape index (κ3) is 1970. The standard InChI is InChI=1S/C2H4O2.O.Ti/c1-2(3)4;;/h1H3,(H,3,4);;/q;-2;+3/p-1. The molecule has 0 aromatic rings. The van der Waals surface area contributed by atoms with Crippen LogP contribution >= 0.6 is 0 Å². The fourth-order valence-electron chi connectivity index (χ4n) is 0. The van der Waals surface area contributed by atoms with Crippen molar-refractivity contribution in [3.8, 4) is 0 Å². The number of hydrogen-bond donors (Lipinski definition) is 0. The predicted molar refractivity (Wildman–Crippen MR) is 11.4 cm³/mol. The van der Waals surface area contributed by atoms with Crippen LogP contribution < -0.4 is 5.11 Å². The van der Waals surface area contributed by atoms with E-state index in [9.17, 15) is 0 Å². The van der Waals surface area contributed by atoms with E-state index < -0.39 is 5.97 Å². The van der Waals surface area contributed by atoms with Crippen molar-refractivity contribution in [2.75, 3.05) is 0 Å². The molecule has 0 rings (SSSR count). The Morgan fingerprint density at radius 2 is 1.67 bits per heavy atom. The van der Waals surface area contributed by atoms with Crippen molar-refractivity contribution >= 4 is 5.97 Å². The van der Waals surface area contributed by atoms with E-state index in [1.165, 1.54) is 0 Å². The molecule has 3 nitrogen and oxygen atoms in total. The molecule has 4 heteroatoms. The van der Waals surface area contributed by atoms with Gasteiger partial charge in [-0.2, -0.15) is 0 Å². The molecule has 0 aromatic carbocycles. The third-order valence-corrected chi connectivity index (χ3v) is 0. The second-order valence-electron chi connectivity index (χ2n) is 0.492. The average molecular weight is 123 g/mol. The first kappa shape index (κ1) is 16.4. The van der Waals surface area contributed by atoms with Gasteiger partial charge in [-0.1, -0.05) is 0 Å². The summed E-state index contributed by atoms with van der Waals surface area (Å²) in [7, 11) is 0. The van der Waals surface area contributed by atoms with Crippen LogP contribution in [0.3, 0.4) is 0 Å². The second-order valence-corrected chi connectivity index (χ2v) is 0.492. The molecule has 6 heavy (non-hydrogen) atoms. The molecule has 1 radical (unpaired) electrons. The Bertz CT molecular complexity index is 31.8. The zero-order chi connectivity index (χ0) is 3.58. The fourth-order valence-corrected chi connectivity index (χ4v) is 0. The molecule has 0 saturated heterocycles. The number of hydrogen-bond acceptors (Lipinski definition) is 2. The number of rotatable bonds is 0. The molecule has 0 heterocycles. The monoisotopic (exact) mass is 123 g/mol. The Balaban J connectivity index is -0.0000000450. The van der Waals surface area contributed by atoms with Crippen molar-refractivity contribution < 1.29 is 37.1 Å². The van der Waals surface area contributed by atoms with Gasteiger partial charge in [-0.15, -0.1) is 0 Å². The third-order valence-electron chi connectivity index (χ3n) is 0. The Morgan fingerprint density at radius 3 is 1.67 bits per heavy atom. The van der Waals surface area contributed by atoms with Crippen LogP contribution in [-0.2, 0) is 32.0 Å². The summed E-state index contributed by atoms with van der Waals surface area (Å²) in [5.41, 5.74) is 0. The molecule has 0 aromatic heterocycles. The first-order valence-electron chi connectivity index (χ1n) is 0.908. The van der Waals surface area contributed by atoms with Crippen LogP contribution in [0.5, 0.6) is 0 Å². The minimum absolute atomic E-state index is 0. The van der Waals surface area contributed by atoms with E-state index in [4.69, 9.17) is 9.90 Å². The first-order valence-corrected chi connectivity index (χ1v) is 0.908.